The van der Waals surface area contributed by atoms with E-state index in [4.69, 9.17) is 4.74 Å². The first-order chi connectivity index (χ1) is 13.4. The summed E-state index contributed by atoms with van der Waals surface area (Å²) in [5.41, 5.74) is 0.666. The number of rotatable bonds is 6. The van der Waals surface area contributed by atoms with Gasteiger partial charge in [0.1, 0.15) is 0 Å². The Hall–Kier alpha value is -2.51. The molecule has 0 amide bonds. The van der Waals surface area contributed by atoms with Crippen LogP contribution in [0, 0.1) is 0 Å². The van der Waals surface area contributed by atoms with Gasteiger partial charge in [0.2, 0.25) is 10.0 Å². The average molecular weight is 401 g/mol. The molecule has 0 spiro atoms. The number of benzene rings is 2. The minimum atomic E-state index is -3.59. The fourth-order valence-corrected chi connectivity index (χ4v) is 4.95. The van der Waals surface area contributed by atoms with Crippen LogP contribution in [-0.2, 0) is 14.8 Å². The Morgan fingerprint density at radius 2 is 1.68 bits per heavy atom. The second-order valence-corrected chi connectivity index (χ2v) is 8.74. The molecule has 0 aromatic heterocycles. The van der Waals surface area contributed by atoms with Crippen molar-refractivity contribution in [3.63, 3.8) is 0 Å². The Kier molecular flexibility index (Phi) is 6.26. The minimum absolute atomic E-state index is 0.0348. The standard InChI is InChI=1S/C21H23NO5S/c1-16-7-5-6-14-22(16)28(25,26)19-12-10-18(11-13-19)21(24)27-15-20(23)17-8-3-2-4-9-17/h2-4,8-13,16H,5-7,14-15H2,1H3. The third-order valence-electron chi connectivity index (χ3n) is 4.87. The summed E-state index contributed by atoms with van der Waals surface area (Å²) in [4.78, 5) is 24.3. The van der Waals surface area contributed by atoms with Gasteiger partial charge in [0.25, 0.3) is 0 Å². The van der Waals surface area contributed by atoms with Crippen LogP contribution in [0.1, 0.15) is 46.9 Å². The Morgan fingerprint density at radius 1 is 1.00 bits per heavy atom. The second-order valence-electron chi connectivity index (χ2n) is 6.85. The number of sulfonamides is 1. The number of carbonyl (C=O) groups excluding carboxylic acids is 2. The summed E-state index contributed by atoms with van der Waals surface area (Å²) >= 11 is 0. The van der Waals surface area contributed by atoms with Gasteiger partial charge in [-0.2, -0.15) is 4.31 Å². The van der Waals surface area contributed by atoms with Crippen LogP contribution in [0.5, 0.6) is 0 Å². The molecule has 28 heavy (non-hydrogen) atoms. The number of piperidine rings is 1. The van der Waals surface area contributed by atoms with Crippen LogP contribution in [0.2, 0.25) is 0 Å². The Balaban J connectivity index is 1.65. The Labute approximate surface area is 165 Å². The largest absolute Gasteiger partial charge is 0.454 e. The molecule has 148 valence electrons. The second kappa shape index (κ2) is 8.67. The lowest BCUT2D eigenvalue weighted by molar-refractivity contribution is 0.0474. The first kappa shape index (κ1) is 20.2. The van der Waals surface area contributed by atoms with Gasteiger partial charge in [0.05, 0.1) is 10.5 Å². The zero-order valence-electron chi connectivity index (χ0n) is 15.7. The molecule has 0 N–H and O–H groups in total. The van der Waals surface area contributed by atoms with Crippen molar-refractivity contribution in [1.29, 1.82) is 0 Å². The lowest BCUT2D eigenvalue weighted by Gasteiger charge is -2.32. The zero-order chi connectivity index (χ0) is 20.1. The first-order valence-corrected chi connectivity index (χ1v) is 10.7. The number of hydrogen-bond donors (Lipinski definition) is 0. The molecule has 0 aliphatic carbocycles. The summed E-state index contributed by atoms with van der Waals surface area (Å²) < 4.78 is 32.2. The third kappa shape index (κ3) is 4.48. The molecule has 1 saturated heterocycles. The molecule has 1 aliphatic heterocycles. The van der Waals surface area contributed by atoms with Crippen molar-refractivity contribution in [3.05, 3.63) is 65.7 Å². The summed E-state index contributed by atoms with van der Waals surface area (Å²) in [6.45, 7) is 2.05. The highest BCUT2D eigenvalue weighted by atomic mass is 32.2. The van der Waals surface area contributed by atoms with Crippen LogP contribution >= 0.6 is 0 Å². The number of esters is 1. The predicted octanol–water partition coefficient (Wildman–Crippen LogP) is 3.29. The average Bonchev–Trinajstić information content (AvgIpc) is 2.72. The van der Waals surface area contributed by atoms with E-state index in [-0.39, 0.29) is 28.9 Å². The van der Waals surface area contributed by atoms with Gasteiger partial charge < -0.3 is 4.74 Å². The van der Waals surface area contributed by atoms with E-state index in [0.29, 0.717) is 12.1 Å². The molecule has 1 heterocycles. The van der Waals surface area contributed by atoms with Crippen LogP contribution < -0.4 is 0 Å². The van der Waals surface area contributed by atoms with Gasteiger partial charge >= 0.3 is 5.97 Å². The van der Waals surface area contributed by atoms with Crippen molar-refractivity contribution in [1.82, 2.24) is 4.31 Å². The van der Waals surface area contributed by atoms with Gasteiger partial charge in [-0.1, -0.05) is 36.8 Å². The molecule has 1 atom stereocenters. The van der Waals surface area contributed by atoms with E-state index in [1.165, 1.54) is 28.6 Å². The van der Waals surface area contributed by atoms with Gasteiger partial charge in [-0.25, -0.2) is 13.2 Å². The van der Waals surface area contributed by atoms with Crippen molar-refractivity contribution in [2.75, 3.05) is 13.2 Å². The first-order valence-electron chi connectivity index (χ1n) is 9.27. The Morgan fingerprint density at radius 3 is 2.32 bits per heavy atom. The summed E-state index contributed by atoms with van der Waals surface area (Å²) in [5.74, 6) is -0.966. The summed E-state index contributed by atoms with van der Waals surface area (Å²) in [6.07, 6.45) is 2.72. The quantitative estimate of drug-likeness (QED) is 0.548. The van der Waals surface area contributed by atoms with Crippen molar-refractivity contribution < 1.29 is 22.7 Å². The molecular weight excluding hydrogens is 378 g/mol. The molecule has 1 unspecified atom stereocenters. The smallest absolute Gasteiger partial charge is 0.338 e. The molecule has 2 aromatic rings. The van der Waals surface area contributed by atoms with Gasteiger partial charge in [0.15, 0.2) is 12.4 Å². The number of hydrogen-bond acceptors (Lipinski definition) is 5. The van der Waals surface area contributed by atoms with Crippen LogP contribution in [0.4, 0.5) is 0 Å². The topological polar surface area (TPSA) is 80.8 Å². The number of Topliss-reactive ketones (excluding diaryl/α,β-unsaturated/α-hetero) is 1. The maximum atomic E-state index is 12.8. The van der Waals surface area contributed by atoms with Crippen LogP contribution in [0.15, 0.2) is 59.5 Å². The van der Waals surface area contributed by atoms with Gasteiger partial charge in [0, 0.05) is 18.2 Å². The number of nitrogens with zero attached hydrogens (tertiary/aromatic N) is 1. The number of ketones is 1. The molecule has 2 aromatic carbocycles. The van der Waals surface area contributed by atoms with Crippen LogP contribution in [-0.4, -0.2) is 43.7 Å². The van der Waals surface area contributed by atoms with E-state index in [1.54, 1.807) is 30.3 Å². The SMILES string of the molecule is CC1CCCCN1S(=O)(=O)c1ccc(C(=O)OCC(=O)c2ccccc2)cc1. The van der Waals surface area contributed by atoms with Gasteiger partial charge in [-0.3, -0.25) is 4.79 Å². The molecule has 0 radical (unpaired) electrons. The van der Waals surface area contributed by atoms with Crippen LogP contribution in [0.25, 0.3) is 0 Å². The predicted molar refractivity (Wildman–Crippen MR) is 105 cm³/mol. The van der Waals surface area contributed by atoms with E-state index >= 15 is 0 Å². The summed E-state index contributed by atoms with van der Waals surface area (Å²) in [6, 6.07) is 14.2. The lowest BCUT2D eigenvalue weighted by Crippen LogP contribution is -2.41. The van der Waals surface area contributed by atoms with Crippen molar-refractivity contribution in [3.8, 4) is 0 Å². The van der Waals surface area contributed by atoms with Gasteiger partial charge in [-0.15, -0.1) is 0 Å². The van der Waals surface area contributed by atoms with E-state index in [0.717, 1.165) is 19.3 Å². The van der Waals surface area contributed by atoms with Gasteiger partial charge in [-0.05, 0) is 44.0 Å². The van der Waals surface area contributed by atoms with Crippen LogP contribution in [0.3, 0.4) is 0 Å². The number of carbonyl (C=O) groups is 2. The maximum Gasteiger partial charge on any atom is 0.338 e. The van der Waals surface area contributed by atoms with E-state index < -0.39 is 16.0 Å². The summed E-state index contributed by atoms with van der Waals surface area (Å²) in [5, 5.41) is 0. The lowest BCUT2D eigenvalue weighted by atomic mass is 10.1. The van der Waals surface area contributed by atoms with E-state index in [1.807, 2.05) is 6.92 Å². The summed E-state index contributed by atoms with van der Waals surface area (Å²) in [7, 11) is -3.59. The normalized spacial score (nSPS) is 17.8. The molecule has 6 nitrogen and oxygen atoms in total. The molecule has 1 aliphatic rings. The molecule has 3 rings (SSSR count). The zero-order valence-corrected chi connectivity index (χ0v) is 16.5. The molecule has 1 fully saturated rings. The highest BCUT2D eigenvalue weighted by Crippen LogP contribution is 2.25. The fourth-order valence-electron chi connectivity index (χ4n) is 3.25. The highest BCUT2D eigenvalue weighted by Gasteiger charge is 2.31. The van der Waals surface area contributed by atoms with E-state index in [2.05, 4.69) is 0 Å². The third-order valence-corrected chi connectivity index (χ3v) is 6.90. The maximum absolute atomic E-state index is 12.8. The monoisotopic (exact) mass is 401 g/mol. The fraction of sp³-hybridized carbons (Fsp3) is 0.333. The molecule has 0 bridgehead atoms. The van der Waals surface area contributed by atoms with Crippen molar-refractivity contribution in [2.24, 2.45) is 0 Å². The molecule has 0 saturated carbocycles. The molecular formula is C21H23NO5S. The Bertz CT molecular complexity index is 939. The van der Waals surface area contributed by atoms with Crippen molar-refractivity contribution >= 4 is 21.8 Å². The number of ether oxygens (including phenoxy) is 1. The van der Waals surface area contributed by atoms with Crippen molar-refractivity contribution in [2.45, 2.75) is 37.1 Å². The minimum Gasteiger partial charge on any atom is -0.454 e. The van der Waals surface area contributed by atoms with E-state index in [9.17, 15) is 18.0 Å². The highest BCUT2D eigenvalue weighted by molar-refractivity contribution is 7.89. The molecule has 7 heteroatoms.